The molecule has 2 aromatic rings. The van der Waals surface area contributed by atoms with Crippen molar-refractivity contribution in [3.05, 3.63) is 79.8 Å². The summed E-state index contributed by atoms with van der Waals surface area (Å²) in [5, 5.41) is 11.2. The maximum absolute atomic E-state index is 14.0. The van der Waals surface area contributed by atoms with Crippen LogP contribution < -0.4 is 14.4 Å². The molecule has 6 rings (SSSR count). The van der Waals surface area contributed by atoms with Gasteiger partial charge in [-0.15, -0.1) is 0 Å². The number of carbonyl (C=O) groups is 4. The molecule has 204 valence electrons. The Morgan fingerprint density at radius 2 is 1.68 bits per heavy atom. The fourth-order valence-electron chi connectivity index (χ4n) is 6.55. The average molecular weight is 669 g/mol. The van der Waals surface area contributed by atoms with E-state index >= 15 is 0 Å². The van der Waals surface area contributed by atoms with Crippen molar-refractivity contribution in [2.45, 2.75) is 18.8 Å². The molecule has 1 N–H and O–H groups in total. The summed E-state index contributed by atoms with van der Waals surface area (Å²) in [6.07, 6.45) is 3.55. The van der Waals surface area contributed by atoms with Crippen LogP contribution in [0.2, 0.25) is 0 Å². The van der Waals surface area contributed by atoms with Gasteiger partial charge in [-0.05, 0) is 59.0 Å². The number of anilines is 1. The van der Waals surface area contributed by atoms with Gasteiger partial charge in [0.05, 0.1) is 36.2 Å². The van der Waals surface area contributed by atoms with Gasteiger partial charge in [0.1, 0.15) is 17.2 Å². The Bertz CT molecular complexity index is 1600. The number of hydrogen-bond acceptors (Lipinski definition) is 7. The van der Waals surface area contributed by atoms with E-state index in [1.807, 2.05) is 6.08 Å². The van der Waals surface area contributed by atoms with E-state index in [0.29, 0.717) is 22.6 Å². The van der Waals surface area contributed by atoms with Crippen LogP contribution in [0.3, 0.4) is 0 Å². The number of benzene rings is 2. The second-order valence-electron chi connectivity index (χ2n) is 10.1. The normalized spacial score (nSPS) is 25.8. The van der Waals surface area contributed by atoms with E-state index in [4.69, 9.17) is 9.47 Å². The molecule has 2 amide bonds. The van der Waals surface area contributed by atoms with Gasteiger partial charge in [0.25, 0.3) is 0 Å². The third-order valence-corrected chi connectivity index (χ3v) is 9.37. The molecule has 1 saturated heterocycles. The van der Waals surface area contributed by atoms with Gasteiger partial charge in [-0.25, -0.2) is 0 Å². The Kier molecular flexibility index (Phi) is 6.58. The average Bonchev–Trinajstić information content (AvgIpc) is 3.20. The first-order valence-corrected chi connectivity index (χ1v) is 14.2. The topological polar surface area (TPSA) is 110 Å². The molecule has 40 heavy (non-hydrogen) atoms. The Morgan fingerprint density at radius 1 is 0.950 bits per heavy atom. The van der Waals surface area contributed by atoms with Crippen LogP contribution in [0.5, 0.6) is 17.2 Å². The second kappa shape index (κ2) is 9.85. The number of methoxy groups -OCH3 is 2. The first-order valence-electron chi connectivity index (χ1n) is 12.6. The van der Waals surface area contributed by atoms with Gasteiger partial charge in [-0.1, -0.05) is 27.6 Å². The van der Waals surface area contributed by atoms with Crippen LogP contribution in [0.1, 0.15) is 24.3 Å². The lowest BCUT2D eigenvalue weighted by Gasteiger charge is -2.42. The summed E-state index contributed by atoms with van der Waals surface area (Å²) in [7, 11) is 2.90. The SMILES string of the molecule is COc1cc(O)c(C2C3=CCC4C(=O)N(c5ccc(Br)cc5)C(=O)C4C3CC3=C2C(=O)C=C(Br)C3=O)c(OC)c1. The van der Waals surface area contributed by atoms with Gasteiger partial charge in [0, 0.05) is 45.3 Å². The summed E-state index contributed by atoms with van der Waals surface area (Å²) in [4.78, 5) is 55.7. The summed E-state index contributed by atoms with van der Waals surface area (Å²) >= 11 is 6.61. The van der Waals surface area contributed by atoms with Gasteiger partial charge >= 0.3 is 0 Å². The minimum atomic E-state index is -0.853. The van der Waals surface area contributed by atoms with Gasteiger partial charge in [-0.2, -0.15) is 0 Å². The number of allylic oxidation sites excluding steroid dienone is 6. The number of aromatic hydroxyl groups is 1. The number of carbonyl (C=O) groups excluding carboxylic acids is 4. The van der Waals surface area contributed by atoms with Crippen molar-refractivity contribution in [3.8, 4) is 17.2 Å². The van der Waals surface area contributed by atoms with E-state index in [1.165, 1.54) is 31.3 Å². The molecule has 4 unspecified atom stereocenters. The number of hydrogen-bond donors (Lipinski definition) is 1. The van der Waals surface area contributed by atoms with E-state index in [1.54, 1.807) is 30.3 Å². The van der Waals surface area contributed by atoms with Gasteiger partial charge in [0.15, 0.2) is 11.6 Å². The molecular weight excluding hydrogens is 646 g/mol. The summed E-state index contributed by atoms with van der Waals surface area (Å²) in [5.41, 5.74) is 2.01. The first kappa shape index (κ1) is 26.7. The quantitative estimate of drug-likeness (QED) is 0.273. The smallest absolute Gasteiger partial charge is 0.238 e. The first-order chi connectivity index (χ1) is 19.2. The van der Waals surface area contributed by atoms with Gasteiger partial charge in [0.2, 0.25) is 11.8 Å². The number of phenols is 1. The Balaban J connectivity index is 1.53. The molecule has 1 fully saturated rings. The molecule has 0 saturated carbocycles. The fraction of sp³-hybridized carbons (Fsp3) is 0.267. The van der Waals surface area contributed by atoms with Gasteiger partial charge in [-0.3, -0.25) is 24.1 Å². The number of ether oxygens (including phenoxy) is 2. The Hall–Kier alpha value is -3.50. The van der Waals surface area contributed by atoms with E-state index in [-0.39, 0.29) is 63.4 Å². The minimum Gasteiger partial charge on any atom is -0.507 e. The number of imide groups is 1. The molecule has 0 aromatic heterocycles. The maximum atomic E-state index is 14.0. The number of halogens is 2. The highest BCUT2D eigenvalue weighted by atomic mass is 79.9. The summed E-state index contributed by atoms with van der Waals surface area (Å²) < 4.78 is 11.9. The van der Waals surface area contributed by atoms with Crippen LogP contribution in [-0.4, -0.2) is 42.7 Å². The van der Waals surface area contributed by atoms with Crippen LogP contribution in [0, 0.1) is 17.8 Å². The molecular formula is C30H23Br2NO7. The number of phenolic OH excluding ortho intramolecular Hbond substituents is 1. The lowest BCUT2D eigenvalue weighted by Crippen LogP contribution is -2.39. The number of rotatable bonds is 4. The summed E-state index contributed by atoms with van der Waals surface area (Å²) in [5.74, 6) is -3.62. The number of Topliss-reactive ketones (excluding diaryl/α,β-unsaturated/α-hetero) is 1. The monoisotopic (exact) mass is 667 g/mol. The molecule has 3 aliphatic carbocycles. The lowest BCUT2D eigenvalue weighted by atomic mass is 9.59. The number of fused-ring (bicyclic) bond motifs is 3. The predicted molar refractivity (Wildman–Crippen MR) is 152 cm³/mol. The van der Waals surface area contributed by atoms with Crippen LogP contribution in [-0.2, 0) is 19.2 Å². The lowest BCUT2D eigenvalue weighted by molar-refractivity contribution is -0.123. The zero-order valence-electron chi connectivity index (χ0n) is 21.4. The highest BCUT2D eigenvalue weighted by Crippen LogP contribution is 2.58. The number of nitrogens with zero attached hydrogens (tertiary/aromatic N) is 1. The molecule has 0 bridgehead atoms. The molecule has 4 aliphatic rings. The Morgan fingerprint density at radius 3 is 2.35 bits per heavy atom. The van der Waals surface area contributed by atoms with Crippen LogP contribution in [0.25, 0.3) is 0 Å². The number of amides is 2. The van der Waals surface area contributed by atoms with E-state index < -0.39 is 23.7 Å². The van der Waals surface area contributed by atoms with Crippen molar-refractivity contribution in [3.63, 3.8) is 0 Å². The van der Waals surface area contributed by atoms with E-state index in [9.17, 15) is 24.3 Å². The van der Waals surface area contributed by atoms with Crippen molar-refractivity contribution < 1.29 is 33.8 Å². The van der Waals surface area contributed by atoms with Crippen molar-refractivity contribution in [2.24, 2.45) is 17.8 Å². The van der Waals surface area contributed by atoms with Crippen molar-refractivity contribution in [1.82, 2.24) is 0 Å². The molecule has 8 nitrogen and oxygen atoms in total. The zero-order chi connectivity index (χ0) is 28.5. The van der Waals surface area contributed by atoms with Crippen LogP contribution in [0.4, 0.5) is 5.69 Å². The van der Waals surface area contributed by atoms with Crippen molar-refractivity contribution >= 4 is 60.9 Å². The van der Waals surface area contributed by atoms with E-state index in [2.05, 4.69) is 31.9 Å². The molecule has 2 aromatic carbocycles. The number of ketones is 2. The van der Waals surface area contributed by atoms with Crippen molar-refractivity contribution in [1.29, 1.82) is 0 Å². The standard InChI is InChI=1S/C30H23Br2NO7/c1-39-15-9-21(34)27(23(10-15)40-2)26-16-7-8-17-24(18(16)11-19-25(26)22(35)12-20(32)28(19)36)30(38)33(29(17)37)14-5-3-13(31)4-6-14/h3-7,9-10,12,17-18,24,26,34H,8,11H2,1-2H3. The highest BCUT2D eigenvalue weighted by Gasteiger charge is 2.57. The fourth-order valence-corrected chi connectivity index (χ4v) is 7.26. The predicted octanol–water partition coefficient (Wildman–Crippen LogP) is 5.14. The van der Waals surface area contributed by atoms with E-state index in [0.717, 1.165) is 4.47 Å². The zero-order valence-corrected chi connectivity index (χ0v) is 24.6. The second-order valence-corrected chi connectivity index (χ2v) is 11.9. The highest BCUT2D eigenvalue weighted by molar-refractivity contribution is 9.12. The molecule has 1 heterocycles. The van der Waals surface area contributed by atoms with Crippen LogP contribution >= 0.6 is 31.9 Å². The summed E-state index contributed by atoms with van der Waals surface area (Å²) in [6, 6.07) is 9.98. The molecule has 1 aliphatic heterocycles. The largest absolute Gasteiger partial charge is 0.507 e. The van der Waals surface area contributed by atoms with Gasteiger partial charge < -0.3 is 14.6 Å². The van der Waals surface area contributed by atoms with Crippen molar-refractivity contribution in [2.75, 3.05) is 19.1 Å². The maximum Gasteiger partial charge on any atom is 0.238 e. The van der Waals surface area contributed by atoms with Crippen LogP contribution in [0.15, 0.2) is 74.2 Å². The third-order valence-electron chi connectivity index (χ3n) is 8.25. The minimum absolute atomic E-state index is 0.124. The molecule has 4 atom stereocenters. The molecule has 10 heteroatoms. The molecule has 0 spiro atoms. The Labute approximate surface area is 246 Å². The molecule has 0 radical (unpaired) electrons. The third kappa shape index (κ3) is 3.91. The summed E-state index contributed by atoms with van der Waals surface area (Å²) in [6.45, 7) is 0.